The van der Waals surface area contributed by atoms with Crippen LogP contribution in [0.15, 0.2) is 0 Å². The monoisotopic (exact) mass is 256 g/mol. The molecule has 0 saturated heterocycles. The molecule has 0 aliphatic carbocycles. The first-order chi connectivity index (χ1) is 7.41. The molecule has 0 radical (unpaired) electrons. The van der Waals surface area contributed by atoms with Gasteiger partial charge in [-0.25, -0.2) is 4.79 Å². The molecule has 4 N–H and O–H groups in total. The summed E-state index contributed by atoms with van der Waals surface area (Å²) in [6.07, 6.45) is -4.95. The number of nitrogens with one attached hydrogen (secondary N) is 1. The van der Waals surface area contributed by atoms with Gasteiger partial charge in [0.15, 0.2) is 5.54 Å². The molecular formula is C9H15F3N2O3. The summed E-state index contributed by atoms with van der Waals surface area (Å²) in [6, 6.07) is -1.41. The predicted octanol–water partition coefficient (Wildman–Crippen LogP) is 0.491. The average Bonchev–Trinajstić information content (AvgIpc) is 2.10. The number of nitrogens with two attached hydrogens (primary N) is 1. The van der Waals surface area contributed by atoms with E-state index in [1.165, 1.54) is 13.8 Å². The Morgan fingerprint density at radius 3 is 1.94 bits per heavy atom. The number of alkyl halides is 3. The van der Waals surface area contributed by atoms with Crippen LogP contribution in [0.4, 0.5) is 13.2 Å². The Morgan fingerprint density at radius 1 is 1.29 bits per heavy atom. The molecule has 0 aromatic carbocycles. The molecule has 1 unspecified atom stereocenters. The first-order valence-corrected chi connectivity index (χ1v) is 4.80. The molecule has 0 rings (SSSR count). The zero-order valence-electron chi connectivity index (χ0n) is 9.63. The molecule has 0 saturated carbocycles. The molecule has 5 nitrogen and oxygen atoms in total. The van der Waals surface area contributed by atoms with Crippen LogP contribution >= 0.6 is 0 Å². The zero-order chi connectivity index (χ0) is 14.0. The molecule has 0 fully saturated rings. The van der Waals surface area contributed by atoms with Gasteiger partial charge < -0.3 is 16.2 Å². The quantitative estimate of drug-likeness (QED) is 0.682. The fourth-order valence-electron chi connectivity index (χ4n) is 0.933. The summed E-state index contributed by atoms with van der Waals surface area (Å²) in [7, 11) is 0. The molecule has 1 amide bonds. The van der Waals surface area contributed by atoms with Crippen molar-refractivity contribution in [2.75, 3.05) is 0 Å². The molecule has 8 heteroatoms. The van der Waals surface area contributed by atoms with Gasteiger partial charge >= 0.3 is 12.1 Å². The molecule has 100 valence electrons. The molecule has 17 heavy (non-hydrogen) atoms. The number of rotatable bonds is 4. The topological polar surface area (TPSA) is 92.4 Å². The highest BCUT2D eigenvalue weighted by atomic mass is 19.4. The summed E-state index contributed by atoms with van der Waals surface area (Å²) in [6.45, 7) is 3.41. The number of carbonyl (C=O) groups excluding carboxylic acids is 1. The van der Waals surface area contributed by atoms with E-state index < -0.39 is 35.6 Å². The Hall–Kier alpha value is -1.31. The largest absolute Gasteiger partial charge is 0.480 e. The van der Waals surface area contributed by atoms with E-state index in [0.29, 0.717) is 6.92 Å². The number of aliphatic carboxylic acids is 1. The van der Waals surface area contributed by atoms with E-state index in [1.54, 1.807) is 5.32 Å². The van der Waals surface area contributed by atoms with Crippen molar-refractivity contribution in [3.8, 4) is 0 Å². The molecule has 0 aliphatic heterocycles. The lowest BCUT2D eigenvalue weighted by atomic mass is 9.99. The molecule has 0 aromatic rings. The van der Waals surface area contributed by atoms with Crippen molar-refractivity contribution >= 4 is 11.9 Å². The molecule has 0 bridgehead atoms. The molecule has 0 heterocycles. The summed E-state index contributed by atoms with van der Waals surface area (Å²) in [4.78, 5) is 22.0. The SMILES string of the molecule is CC(C)[C@H](NC(=O)C(C)(N)C(F)(F)F)C(=O)O. The van der Waals surface area contributed by atoms with Gasteiger partial charge in [0.25, 0.3) is 0 Å². The molecule has 0 aliphatic rings. The van der Waals surface area contributed by atoms with Gasteiger partial charge in [-0.2, -0.15) is 13.2 Å². The number of hydrogen-bond acceptors (Lipinski definition) is 3. The maximum atomic E-state index is 12.4. The second-order valence-corrected chi connectivity index (χ2v) is 4.23. The first kappa shape index (κ1) is 15.7. The van der Waals surface area contributed by atoms with Crippen LogP contribution in [0.25, 0.3) is 0 Å². The van der Waals surface area contributed by atoms with Gasteiger partial charge in [0.05, 0.1) is 0 Å². The standard InChI is InChI=1S/C9H15F3N2O3/c1-4(2)5(6(15)16)14-7(17)8(3,13)9(10,11)12/h4-5H,13H2,1-3H3,(H,14,17)(H,15,16)/t5-,8?/m0/s1. The van der Waals surface area contributed by atoms with Crippen LogP contribution in [-0.2, 0) is 9.59 Å². The number of carbonyl (C=O) groups is 2. The highest BCUT2D eigenvalue weighted by Crippen LogP contribution is 2.28. The van der Waals surface area contributed by atoms with E-state index in [-0.39, 0.29) is 0 Å². The van der Waals surface area contributed by atoms with Gasteiger partial charge in [0, 0.05) is 0 Å². The number of halogens is 3. The third kappa shape index (κ3) is 3.58. The summed E-state index contributed by atoms with van der Waals surface area (Å²) in [5.74, 6) is -3.53. The lowest BCUT2D eigenvalue weighted by Crippen LogP contribution is -2.64. The number of amides is 1. The van der Waals surface area contributed by atoms with Crippen molar-refractivity contribution in [2.24, 2.45) is 11.7 Å². The van der Waals surface area contributed by atoms with Crippen LogP contribution < -0.4 is 11.1 Å². The third-order valence-electron chi connectivity index (χ3n) is 2.28. The average molecular weight is 256 g/mol. The Kier molecular flexibility index (Phi) is 4.53. The predicted molar refractivity (Wildman–Crippen MR) is 53.1 cm³/mol. The highest BCUT2D eigenvalue weighted by Gasteiger charge is 2.54. The molecular weight excluding hydrogens is 241 g/mol. The van der Waals surface area contributed by atoms with Gasteiger partial charge in [0.2, 0.25) is 5.91 Å². The molecule has 0 spiro atoms. The van der Waals surface area contributed by atoms with Crippen molar-refractivity contribution in [1.29, 1.82) is 0 Å². The first-order valence-electron chi connectivity index (χ1n) is 4.80. The summed E-state index contributed by atoms with van der Waals surface area (Å²) >= 11 is 0. The van der Waals surface area contributed by atoms with Gasteiger partial charge in [0.1, 0.15) is 6.04 Å². The molecule has 0 aromatic heterocycles. The van der Waals surface area contributed by atoms with Crippen molar-refractivity contribution < 1.29 is 27.9 Å². The lowest BCUT2D eigenvalue weighted by molar-refractivity contribution is -0.188. The highest BCUT2D eigenvalue weighted by molar-refractivity contribution is 5.90. The van der Waals surface area contributed by atoms with Crippen LogP contribution in [-0.4, -0.2) is 34.7 Å². The van der Waals surface area contributed by atoms with E-state index in [4.69, 9.17) is 10.8 Å². The minimum Gasteiger partial charge on any atom is -0.480 e. The Morgan fingerprint density at radius 2 is 1.71 bits per heavy atom. The van der Waals surface area contributed by atoms with E-state index >= 15 is 0 Å². The Balaban J connectivity index is 4.92. The van der Waals surface area contributed by atoms with Crippen LogP contribution in [0.2, 0.25) is 0 Å². The Labute approximate surface area is 96.2 Å². The Bertz CT molecular complexity index is 313. The van der Waals surface area contributed by atoms with E-state index in [0.717, 1.165) is 0 Å². The summed E-state index contributed by atoms with van der Waals surface area (Å²) in [5.41, 5.74) is 1.74. The second-order valence-electron chi connectivity index (χ2n) is 4.23. The van der Waals surface area contributed by atoms with Crippen molar-refractivity contribution in [2.45, 2.75) is 38.5 Å². The minimum absolute atomic E-state index is 0.488. The second kappa shape index (κ2) is 4.91. The summed E-state index contributed by atoms with van der Waals surface area (Å²) in [5, 5.41) is 10.5. The van der Waals surface area contributed by atoms with Gasteiger partial charge in [-0.3, -0.25) is 4.79 Å². The van der Waals surface area contributed by atoms with Gasteiger partial charge in [-0.05, 0) is 12.8 Å². The third-order valence-corrected chi connectivity index (χ3v) is 2.28. The van der Waals surface area contributed by atoms with Gasteiger partial charge in [-0.1, -0.05) is 13.8 Å². The van der Waals surface area contributed by atoms with Crippen LogP contribution in [0.1, 0.15) is 20.8 Å². The minimum atomic E-state index is -4.95. The molecule has 2 atom stereocenters. The van der Waals surface area contributed by atoms with Crippen LogP contribution in [0.5, 0.6) is 0 Å². The van der Waals surface area contributed by atoms with Crippen molar-refractivity contribution in [1.82, 2.24) is 5.32 Å². The van der Waals surface area contributed by atoms with Crippen LogP contribution in [0.3, 0.4) is 0 Å². The maximum Gasteiger partial charge on any atom is 0.415 e. The van der Waals surface area contributed by atoms with Crippen molar-refractivity contribution in [3.05, 3.63) is 0 Å². The number of carboxylic acids is 1. The van der Waals surface area contributed by atoms with E-state index in [2.05, 4.69) is 0 Å². The smallest absolute Gasteiger partial charge is 0.415 e. The number of carboxylic acid groups (broad SMARTS) is 1. The maximum absolute atomic E-state index is 12.4. The fraction of sp³-hybridized carbons (Fsp3) is 0.778. The summed E-state index contributed by atoms with van der Waals surface area (Å²) < 4.78 is 37.2. The number of hydrogen-bond donors (Lipinski definition) is 3. The zero-order valence-corrected chi connectivity index (χ0v) is 9.63. The fourth-order valence-corrected chi connectivity index (χ4v) is 0.933. The normalized spacial score (nSPS) is 17.4. The lowest BCUT2D eigenvalue weighted by Gasteiger charge is -2.28. The van der Waals surface area contributed by atoms with E-state index in [1.807, 2.05) is 0 Å². The van der Waals surface area contributed by atoms with Crippen LogP contribution in [0, 0.1) is 5.92 Å². The van der Waals surface area contributed by atoms with Crippen molar-refractivity contribution in [3.63, 3.8) is 0 Å². The van der Waals surface area contributed by atoms with E-state index in [9.17, 15) is 22.8 Å². The van der Waals surface area contributed by atoms with Gasteiger partial charge in [-0.15, -0.1) is 0 Å².